The van der Waals surface area contributed by atoms with E-state index in [0.717, 1.165) is 6.21 Å². The lowest BCUT2D eigenvalue weighted by molar-refractivity contribution is 0.690. The van der Waals surface area contributed by atoms with Gasteiger partial charge in [-0.3, -0.25) is 4.99 Å². The van der Waals surface area contributed by atoms with Crippen molar-refractivity contribution < 1.29 is 4.39 Å². The molecular formula is C6H8FN. The van der Waals surface area contributed by atoms with Crippen LogP contribution in [0, 0.1) is 0 Å². The predicted molar refractivity (Wildman–Crippen MR) is 33.6 cm³/mol. The van der Waals surface area contributed by atoms with Gasteiger partial charge in [0.1, 0.15) is 5.83 Å². The van der Waals surface area contributed by atoms with Crippen molar-refractivity contribution in [3.8, 4) is 0 Å². The van der Waals surface area contributed by atoms with Crippen LogP contribution in [0.4, 0.5) is 4.39 Å². The highest BCUT2D eigenvalue weighted by atomic mass is 19.1. The van der Waals surface area contributed by atoms with Crippen LogP contribution in [-0.4, -0.2) is 6.21 Å². The predicted octanol–water partition coefficient (Wildman–Crippen LogP) is 2.07. The van der Waals surface area contributed by atoms with Crippen LogP contribution in [-0.2, 0) is 0 Å². The third-order valence-electron chi connectivity index (χ3n) is 0.425. The number of hydrogen-bond acceptors (Lipinski definition) is 1. The van der Waals surface area contributed by atoms with E-state index >= 15 is 0 Å². The van der Waals surface area contributed by atoms with Crippen LogP contribution in [0.15, 0.2) is 29.7 Å². The number of hydrogen-bond donors (Lipinski definition) is 0. The van der Waals surface area contributed by atoms with Gasteiger partial charge in [0.2, 0.25) is 0 Å². The van der Waals surface area contributed by atoms with Gasteiger partial charge in [0, 0.05) is 5.70 Å². The summed E-state index contributed by atoms with van der Waals surface area (Å²) in [6, 6.07) is 0. The summed E-state index contributed by atoms with van der Waals surface area (Å²) in [7, 11) is 0. The lowest BCUT2D eigenvalue weighted by Crippen LogP contribution is -1.70. The molecule has 0 aromatic carbocycles. The van der Waals surface area contributed by atoms with Crippen LogP contribution in [0.2, 0.25) is 0 Å². The van der Waals surface area contributed by atoms with E-state index in [2.05, 4.69) is 18.2 Å². The van der Waals surface area contributed by atoms with Crippen molar-refractivity contribution >= 4 is 6.21 Å². The van der Waals surface area contributed by atoms with E-state index in [9.17, 15) is 4.39 Å². The molecule has 0 fully saturated rings. The molecule has 0 unspecified atom stereocenters. The van der Waals surface area contributed by atoms with E-state index in [-0.39, 0.29) is 0 Å². The molecule has 0 saturated carbocycles. The van der Waals surface area contributed by atoms with E-state index in [1.165, 1.54) is 0 Å². The van der Waals surface area contributed by atoms with Crippen molar-refractivity contribution in [1.82, 2.24) is 0 Å². The molecule has 1 nitrogen and oxygen atoms in total. The van der Waals surface area contributed by atoms with Crippen molar-refractivity contribution in [2.75, 3.05) is 0 Å². The Morgan fingerprint density at radius 2 is 2.12 bits per heavy atom. The maximum atomic E-state index is 11.7. The number of nitrogens with zero attached hydrogens (tertiary/aromatic N) is 1. The van der Waals surface area contributed by atoms with Gasteiger partial charge in [0.25, 0.3) is 0 Å². The van der Waals surface area contributed by atoms with Crippen LogP contribution in [0.25, 0.3) is 0 Å². The van der Waals surface area contributed by atoms with Gasteiger partial charge >= 0.3 is 0 Å². The standard InChI is InChI=1S/C6H8FN/c1-5(2)8-4-6(3)7/h4H,1,3H2,2H3/b8-4-. The number of allylic oxidation sites excluding steroid dienone is 2. The highest BCUT2D eigenvalue weighted by molar-refractivity contribution is 5.75. The summed E-state index contributed by atoms with van der Waals surface area (Å²) in [5.41, 5.74) is 0.573. The van der Waals surface area contributed by atoms with Crippen LogP contribution >= 0.6 is 0 Å². The third kappa shape index (κ3) is 5.08. The molecule has 0 heterocycles. The average Bonchev–Trinajstić information content (AvgIpc) is 1.61. The molecule has 2 heteroatoms. The van der Waals surface area contributed by atoms with Gasteiger partial charge in [0.05, 0.1) is 6.21 Å². The molecule has 0 rings (SSSR count). The lowest BCUT2D eigenvalue weighted by Gasteiger charge is -1.81. The molecule has 0 atom stereocenters. The van der Waals surface area contributed by atoms with E-state index in [0.29, 0.717) is 5.70 Å². The van der Waals surface area contributed by atoms with E-state index < -0.39 is 5.83 Å². The summed E-state index contributed by atoms with van der Waals surface area (Å²) in [6.45, 7) is 8.07. The summed E-state index contributed by atoms with van der Waals surface area (Å²) < 4.78 is 11.7. The normalized spacial score (nSPS) is 9.75. The Balaban J connectivity index is 3.67. The molecule has 8 heavy (non-hydrogen) atoms. The molecule has 0 aromatic heterocycles. The minimum absolute atomic E-state index is 0.548. The van der Waals surface area contributed by atoms with E-state index in [1.807, 2.05) is 0 Å². The first-order chi connectivity index (χ1) is 3.63. The van der Waals surface area contributed by atoms with Crippen molar-refractivity contribution in [3.05, 3.63) is 24.7 Å². The summed E-state index contributed by atoms with van der Waals surface area (Å²) in [5, 5.41) is 0. The summed E-state index contributed by atoms with van der Waals surface area (Å²) in [5.74, 6) is -0.548. The molecule has 0 radical (unpaired) electrons. The zero-order valence-corrected chi connectivity index (χ0v) is 4.82. The molecule has 0 aliphatic carbocycles. The Hall–Kier alpha value is -0.920. The Morgan fingerprint density at radius 3 is 2.25 bits per heavy atom. The van der Waals surface area contributed by atoms with Crippen LogP contribution in [0.1, 0.15) is 6.92 Å². The van der Waals surface area contributed by atoms with Gasteiger partial charge < -0.3 is 0 Å². The van der Waals surface area contributed by atoms with Crippen molar-refractivity contribution in [1.29, 1.82) is 0 Å². The fourth-order valence-electron chi connectivity index (χ4n) is 0.180. The van der Waals surface area contributed by atoms with Crippen LogP contribution < -0.4 is 0 Å². The smallest absolute Gasteiger partial charge is 0.134 e. The quantitative estimate of drug-likeness (QED) is 0.486. The highest BCUT2D eigenvalue weighted by Gasteiger charge is 1.77. The first-order valence-electron chi connectivity index (χ1n) is 2.17. The second kappa shape index (κ2) is 3.13. The number of rotatable bonds is 2. The molecule has 0 N–H and O–H groups in total. The Bertz CT molecular complexity index is 119. The van der Waals surface area contributed by atoms with Crippen LogP contribution in [0.5, 0.6) is 0 Å². The van der Waals surface area contributed by atoms with Gasteiger partial charge in [-0.1, -0.05) is 13.2 Å². The molecule has 0 spiro atoms. The molecule has 44 valence electrons. The van der Waals surface area contributed by atoms with Gasteiger partial charge in [-0.2, -0.15) is 0 Å². The van der Waals surface area contributed by atoms with Crippen molar-refractivity contribution in [3.63, 3.8) is 0 Å². The molecular weight excluding hydrogens is 105 g/mol. The summed E-state index contributed by atoms with van der Waals surface area (Å²) >= 11 is 0. The summed E-state index contributed by atoms with van der Waals surface area (Å²) in [4.78, 5) is 3.53. The topological polar surface area (TPSA) is 12.4 Å². The molecule has 0 saturated heterocycles. The van der Waals surface area contributed by atoms with Gasteiger partial charge in [-0.25, -0.2) is 4.39 Å². The molecule has 0 bridgehead atoms. The Kier molecular flexibility index (Phi) is 2.77. The van der Waals surface area contributed by atoms with Gasteiger partial charge in [0.15, 0.2) is 0 Å². The van der Waals surface area contributed by atoms with Gasteiger partial charge in [-0.15, -0.1) is 0 Å². The molecule has 0 aliphatic rings. The Labute approximate surface area is 48.2 Å². The fourth-order valence-corrected chi connectivity index (χ4v) is 0.180. The maximum absolute atomic E-state index is 11.7. The van der Waals surface area contributed by atoms with Crippen molar-refractivity contribution in [2.45, 2.75) is 6.92 Å². The first-order valence-corrected chi connectivity index (χ1v) is 2.17. The third-order valence-corrected chi connectivity index (χ3v) is 0.425. The van der Waals surface area contributed by atoms with Crippen molar-refractivity contribution in [2.24, 2.45) is 4.99 Å². The SMILES string of the molecule is C=C(F)/C=N\C(=C)C. The maximum Gasteiger partial charge on any atom is 0.134 e. The molecule has 0 amide bonds. The molecule has 0 aromatic rings. The minimum Gasteiger partial charge on any atom is -0.259 e. The highest BCUT2D eigenvalue weighted by Crippen LogP contribution is 1.90. The number of aliphatic imine (C=N–C) groups is 1. The zero-order valence-electron chi connectivity index (χ0n) is 4.82. The zero-order chi connectivity index (χ0) is 6.57. The second-order valence-electron chi connectivity index (χ2n) is 1.44. The first kappa shape index (κ1) is 7.08. The summed E-state index contributed by atoms with van der Waals surface area (Å²) in [6.07, 6.45) is 1.03. The second-order valence-corrected chi connectivity index (χ2v) is 1.44. The molecule has 0 aliphatic heterocycles. The van der Waals surface area contributed by atoms with Crippen LogP contribution in [0.3, 0.4) is 0 Å². The fraction of sp³-hybridized carbons (Fsp3) is 0.167. The monoisotopic (exact) mass is 113 g/mol. The average molecular weight is 113 g/mol. The largest absolute Gasteiger partial charge is 0.259 e. The van der Waals surface area contributed by atoms with E-state index in [4.69, 9.17) is 0 Å². The van der Waals surface area contributed by atoms with E-state index in [1.54, 1.807) is 6.92 Å². The van der Waals surface area contributed by atoms with Gasteiger partial charge in [-0.05, 0) is 6.92 Å². The number of halogens is 1. The minimum atomic E-state index is -0.548. The Morgan fingerprint density at radius 1 is 1.62 bits per heavy atom. The lowest BCUT2D eigenvalue weighted by atomic mass is 10.6.